The second-order valence-corrected chi connectivity index (χ2v) is 6.84. The van der Waals surface area contributed by atoms with Gasteiger partial charge >= 0.3 is 5.97 Å². The smallest absolute Gasteiger partial charge is 0.306 e. The summed E-state index contributed by atoms with van der Waals surface area (Å²) in [4.78, 5) is 37.5. The maximum Gasteiger partial charge on any atom is 0.306 e. The molecule has 0 spiro atoms. The highest BCUT2D eigenvalue weighted by Crippen LogP contribution is 2.24. The average Bonchev–Trinajstić information content (AvgIpc) is 2.68. The van der Waals surface area contributed by atoms with E-state index in [2.05, 4.69) is 5.32 Å². The normalized spacial score (nSPS) is 23.3. The summed E-state index contributed by atoms with van der Waals surface area (Å²) < 4.78 is 5.25. The van der Waals surface area contributed by atoms with E-state index >= 15 is 0 Å². The minimum atomic E-state index is -0.754. The maximum absolute atomic E-state index is 12.4. The largest absolute Gasteiger partial charge is 0.481 e. The molecular formula is C19H24N2O5. The lowest BCUT2D eigenvalue weighted by atomic mass is 9.86. The number of nitrogens with one attached hydrogen (secondary N) is 1. The Kier molecular flexibility index (Phi) is 5.88. The van der Waals surface area contributed by atoms with E-state index in [0.29, 0.717) is 63.1 Å². The predicted molar refractivity (Wildman–Crippen MR) is 94.0 cm³/mol. The number of hydrogen-bond donors (Lipinski definition) is 2. The van der Waals surface area contributed by atoms with E-state index in [4.69, 9.17) is 9.84 Å². The Bertz CT molecular complexity index is 659. The zero-order chi connectivity index (χ0) is 18.5. The molecule has 1 aromatic rings. The Balaban J connectivity index is 1.54. The average molecular weight is 360 g/mol. The molecule has 1 saturated heterocycles. The highest BCUT2D eigenvalue weighted by molar-refractivity contribution is 5.98. The molecule has 2 aliphatic rings. The lowest BCUT2D eigenvalue weighted by molar-refractivity contribution is -0.142. The van der Waals surface area contributed by atoms with Crippen LogP contribution in [0.25, 0.3) is 0 Å². The van der Waals surface area contributed by atoms with Crippen LogP contribution in [0.2, 0.25) is 0 Å². The van der Waals surface area contributed by atoms with Gasteiger partial charge in [0.1, 0.15) is 0 Å². The third-order valence-electron chi connectivity index (χ3n) is 5.10. The van der Waals surface area contributed by atoms with E-state index in [0.717, 1.165) is 0 Å². The molecule has 2 fully saturated rings. The SMILES string of the molecule is O=C(NC1CCC(C(=O)O)CC1)c1ccc(C(=O)N2CCOCC2)cc1. The fourth-order valence-corrected chi connectivity index (χ4v) is 3.47. The number of benzene rings is 1. The van der Waals surface area contributed by atoms with Crippen molar-refractivity contribution in [1.29, 1.82) is 0 Å². The number of morpholine rings is 1. The number of aliphatic carboxylic acids is 1. The first-order valence-electron chi connectivity index (χ1n) is 9.05. The maximum atomic E-state index is 12.4. The highest BCUT2D eigenvalue weighted by atomic mass is 16.5. The summed E-state index contributed by atoms with van der Waals surface area (Å²) in [6, 6.07) is 6.67. The first-order chi connectivity index (χ1) is 12.5. The number of carbonyl (C=O) groups is 3. The van der Waals surface area contributed by atoms with Crippen LogP contribution < -0.4 is 5.32 Å². The molecule has 1 heterocycles. The topological polar surface area (TPSA) is 95.9 Å². The lowest BCUT2D eigenvalue weighted by Gasteiger charge is -2.27. The van der Waals surface area contributed by atoms with Crippen LogP contribution in [-0.4, -0.2) is 60.1 Å². The third-order valence-corrected chi connectivity index (χ3v) is 5.10. The summed E-state index contributed by atoms with van der Waals surface area (Å²) in [5, 5.41) is 12.0. The number of ether oxygens (including phenoxy) is 1. The van der Waals surface area contributed by atoms with Gasteiger partial charge < -0.3 is 20.1 Å². The second kappa shape index (κ2) is 8.31. The van der Waals surface area contributed by atoms with E-state index in [9.17, 15) is 14.4 Å². The second-order valence-electron chi connectivity index (χ2n) is 6.84. The van der Waals surface area contributed by atoms with Crippen LogP contribution in [-0.2, 0) is 9.53 Å². The minimum Gasteiger partial charge on any atom is -0.481 e. The molecule has 0 atom stereocenters. The van der Waals surface area contributed by atoms with Crippen molar-refractivity contribution in [3.8, 4) is 0 Å². The molecule has 140 valence electrons. The molecule has 2 amide bonds. The van der Waals surface area contributed by atoms with Gasteiger partial charge in [0.2, 0.25) is 0 Å². The van der Waals surface area contributed by atoms with Gasteiger partial charge in [-0.15, -0.1) is 0 Å². The molecule has 0 bridgehead atoms. The van der Waals surface area contributed by atoms with Crippen LogP contribution >= 0.6 is 0 Å². The van der Waals surface area contributed by atoms with Crippen LogP contribution in [0.4, 0.5) is 0 Å². The van der Waals surface area contributed by atoms with Gasteiger partial charge in [0.25, 0.3) is 11.8 Å². The number of carboxylic acids is 1. The minimum absolute atomic E-state index is 0.00718. The molecule has 3 rings (SSSR count). The first-order valence-corrected chi connectivity index (χ1v) is 9.05. The van der Waals surface area contributed by atoms with Crippen molar-refractivity contribution in [3.63, 3.8) is 0 Å². The zero-order valence-electron chi connectivity index (χ0n) is 14.6. The number of carboxylic acid groups (broad SMARTS) is 1. The Morgan fingerprint density at radius 2 is 1.54 bits per heavy atom. The summed E-state index contributed by atoms with van der Waals surface area (Å²) in [5.41, 5.74) is 1.06. The highest BCUT2D eigenvalue weighted by Gasteiger charge is 2.27. The molecule has 7 nitrogen and oxygen atoms in total. The molecule has 0 unspecified atom stereocenters. The van der Waals surface area contributed by atoms with E-state index < -0.39 is 5.97 Å². The fraction of sp³-hybridized carbons (Fsp3) is 0.526. The Morgan fingerprint density at radius 1 is 0.962 bits per heavy atom. The summed E-state index contributed by atoms with van der Waals surface area (Å²) in [7, 11) is 0. The van der Waals surface area contributed by atoms with Crippen LogP contribution in [0.5, 0.6) is 0 Å². The van der Waals surface area contributed by atoms with E-state index in [-0.39, 0.29) is 23.8 Å². The molecule has 1 aromatic carbocycles. The van der Waals surface area contributed by atoms with E-state index in [1.165, 1.54) is 0 Å². The van der Waals surface area contributed by atoms with Crippen LogP contribution in [0, 0.1) is 5.92 Å². The quantitative estimate of drug-likeness (QED) is 0.849. The molecular weight excluding hydrogens is 336 g/mol. The summed E-state index contributed by atoms with van der Waals surface area (Å²) >= 11 is 0. The van der Waals surface area contributed by atoms with E-state index in [1.807, 2.05) is 0 Å². The number of amides is 2. The summed E-state index contributed by atoms with van der Waals surface area (Å²) in [6.07, 6.45) is 2.53. The fourth-order valence-electron chi connectivity index (χ4n) is 3.47. The van der Waals surface area contributed by atoms with Crippen molar-refractivity contribution < 1.29 is 24.2 Å². The van der Waals surface area contributed by atoms with Gasteiger partial charge in [-0.05, 0) is 49.9 Å². The van der Waals surface area contributed by atoms with Crippen molar-refractivity contribution in [2.45, 2.75) is 31.7 Å². The van der Waals surface area contributed by atoms with Crippen molar-refractivity contribution in [2.75, 3.05) is 26.3 Å². The zero-order valence-corrected chi connectivity index (χ0v) is 14.6. The summed E-state index contributed by atoms with van der Waals surface area (Å²) in [5.74, 6) is -1.29. The monoisotopic (exact) mass is 360 g/mol. The van der Waals surface area contributed by atoms with Crippen molar-refractivity contribution in [1.82, 2.24) is 10.2 Å². The molecule has 1 aliphatic carbocycles. The molecule has 0 aromatic heterocycles. The predicted octanol–water partition coefficient (Wildman–Crippen LogP) is 1.53. The summed E-state index contributed by atoms with van der Waals surface area (Å²) in [6.45, 7) is 2.27. The van der Waals surface area contributed by atoms with Crippen LogP contribution in [0.1, 0.15) is 46.4 Å². The van der Waals surface area contributed by atoms with Crippen LogP contribution in [0.15, 0.2) is 24.3 Å². The van der Waals surface area contributed by atoms with Crippen molar-refractivity contribution in [3.05, 3.63) is 35.4 Å². The number of nitrogens with zero attached hydrogens (tertiary/aromatic N) is 1. The van der Waals surface area contributed by atoms with Crippen molar-refractivity contribution >= 4 is 17.8 Å². The van der Waals surface area contributed by atoms with Gasteiger partial charge in [-0.25, -0.2) is 0 Å². The molecule has 26 heavy (non-hydrogen) atoms. The van der Waals surface area contributed by atoms with Gasteiger partial charge in [-0.3, -0.25) is 14.4 Å². The van der Waals surface area contributed by atoms with Crippen molar-refractivity contribution in [2.24, 2.45) is 5.92 Å². The standard InChI is InChI=1S/C19H24N2O5/c22-17(20-16-7-5-15(6-8-16)19(24)25)13-1-3-14(4-2-13)18(23)21-9-11-26-12-10-21/h1-4,15-16H,5-12H2,(H,20,22)(H,24,25). The lowest BCUT2D eigenvalue weighted by Crippen LogP contribution is -2.40. The number of rotatable bonds is 4. The molecule has 2 N–H and O–H groups in total. The third kappa shape index (κ3) is 4.40. The molecule has 1 aliphatic heterocycles. The van der Waals surface area contributed by atoms with E-state index in [1.54, 1.807) is 29.2 Å². The van der Waals surface area contributed by atoms with Gasteiger partial charge in [0, 0.05) is 30.3 Å². The Labute approximate surface area is 152 Å². The first kappa shape index (κ1) is 18.4. The van der Waals surface area contributed by atoms with Gasteiger partial charge in [-0.1, -0.05) is 0 Å². The molecule has 0 radical (unpaired) electrons. The molecule has 1 saturated carbocycles. The molecule has 7 heteroatoms. The number of hydrogen-bond acceptors (Lipinski definition) is 4. The number of carbonyl (C=O) groups excluding carboxylic acids is 2. The Morgan fingerprint density at radius 3 is 2.12 bits per heavy atom. The Hall–Kier alpha value is -2.41. The van der Waals surface area contributed by atoms with Gasteiger partial charge in [0.05, 0.1) is 19.1 Å². The van der Waals surface area contributed by atoms with Crippen LogP contribution in [0.3, 0.4) is 0 Å². The van der Waals surface area contributed by atoms with Gasteiger partial charge in [-0.2, -0.15) is 0 Å². The van der Waals surface area contributed by atoms with Gasteiger partial charge in [0.15, 0.2) is 0 Å².